The zero-order valence-electron chi connectivity index (χ0n) is 11.3. The van der Waals surface area contributed by atoms with Gasteiger partial charge in [0.25, 0.3) is 0 Å². The van der Waals surface area contributed by atoms with Crippen LogP contribution < -0.4 is 5.32 Å². The number of fused-ring (bicyclic) bond motifs is 1. The third-order valence-corrected chi connectivity index (χ3v) is 6.30. The van der Waals surface area contributed by atoms with Crippen LogP contribution in [0.5, 0.6) is 0 Å². The van der Waals surface area contributed by atoms with Crippen molar-refractivity contribution in [2.75, 3.05) is 26.7 Å². The zero-order chi connectivity index (χ0) is 13.2. The molecule has 0 aromatic heterocycles. The van der Waals surface area contributed by atoms with Gasteiger partial charge in [-0.3, -0.25) is 0 Å². The van der Waals surface area contributed by atoms with Gasteiger partial charge in [0, 0.05) is 13.1 Å². The molecule has 1 saturated carbocycles. The molecule has 0 radical (unpaired) electrons. The van der Waals surface area contributed by atoms with Crippen molar-refractivity contribution >= 4 is 10.0 Å². The number of nitrogens with one attached hydrogen (secondary N) is 1. The van der Waals surface area contributed by atoms with Gasteiger partial charge in [-0.25, -0.2) is 8.42 Å². The van der Waals surface area contributed by atoms with Gasteiger partial charge >= 0.3 is 0 Å². The number of nitrogens with zero attached hydrogens (tertiary/aromatic N) is 1. The fourth-order valence-corrected chi connectivity index (χ4v) is 4.79. The first-order chi connectivity index (χ1) is 8.57. The first-order valence-electron chi connectivity index (χ1n) is 6.84. The van der Waals surface area contributed by atoms with Crippen molar-refractivity contribution in [1.29, 1.82) is 0 Å². The number of morpholine rings is 1. The molecule has 0 spiro atoms. The number of sulfonamides is 1. The first-order valence-corrected chi connectivity index (χ1v) is 8.34. The molecule has 0 amide bonds. The molecule has 18 heavy (non-hydrogen) atoms. The minimum Gasteiger partial charge on any atom is -0.375 e. The topological polar surface area (TPSA) is 58.6 Å². The Hall–Kier alpha value is -0.170. The van der Waals surface area contributed by atoms with E-state index in [1.807, 2.05) is 0 Å². The maximum absolute atomic E-state index is 12.6. The number of rotatable bonds is 4. The summed E-state index contributed by atoms with van der Waals surface area (Å²) in [5.41, 5.74) is 0. The van der Waals surface area contributed by atoms with Crippen LogP contribution in [0.1, 0.15) is 32.6 Å². The molecule has 3 atom stereocenters. The van der Waals surface area contributed by atoms with E-state index in [9.17, 15) is 8.42 Å². The molecule has 0 bridgehead atoms. The van der Waals surface area contributed by atoms with Crippen LogP contribution in [0.25, 0.3) is 0 Å². The van der Waals surface area contributed by atoms with E-state index in [-0.39, 0.29) is 17.4 Å². The zero-order valence-corrected chi connectivity index (χ0v) is 12.1. The molecule has 1 aliphatic carbocycles. The number of ether oxygens (including phenoxy) is 1. The second-order valence-electron chi connectivity index (χ2n) is 5.29. The fourth-order valence-electron chi connectivity index (χ4n) is 3.00. The number of hydrogen-bond acceptors (Lipinski definition) is 4. The lowest BCUT2D eigenvalue weighted by Gasteiger charge is -2.43. The third-order valence-electron chi connectivity index (χ3n) is 4.01. The summed E-state index contributed by atoms with van der Waals surface area (Å²) in [6, 6.07) is 0.0665. The smallest absolute Gasteiger partial charge is 0.218 e. The molecule has 0 aromatic carbocycles. The molecular weight excluding hydrogens is 252 g/mol. The molecular formula is C12H24N2O3S. The average Bonchev–Trinajstić information content (AvgIpc) is 2.38. The Morgan fingerprint density at radius 2 is 2.11 bits per heavy atom. The molecule has 2 fully saturated rings. The van der Waals surface area contributed by atoms with Crippen LogP contribution in [0.15, 0.2) is 0 Å². The van der Waals surface area contributed by atoms with E-state index in [0.29, 0.717) is 19.7 Å². The van der Waals surface area contributed by atoms with Crippen LogP contribution in [0.4, 0.5) is 0 Å². The van der Waals surface area contributed by atoms with Gasteiger partial charge in [0.05, 0.1) is 24.0 Å². The summed E-state index contributed by atoms with van der Waals surface area (Å²) in [6.45, 7) is 3.32. The largest absolute Gasteiger partial charge is 0.375 e. The molecule has 1 aliphatic heterocycles. The summed E-state index contributed by atoms with van der Waals surface area (Å²) in [5.74, 6) is 0. The fraction of sp³-hybridized carbons (Fsp3) is 1.00. The third kappa shape index (κ3) is 2.71. The summed E-state index contributed by atoms with van der Waals surface area (Å²) in [5, 5.41) is 2.58. The maximum Gasteiger partial charge on any atom is 0.218 e. The lowest BCUT2D eigenvalue weighted by molar-refractivity contribution is -0.0588. The molecule has 1 N–H and O–H groups in total. The second-order valence-corrected chi connectivity index (χ2v) is 7.59. The van der Waals surface area contributed by atoms with Crippen LogP contribution in [-0.2, 0) is 14.8 Å². The lowest BCUT2D eigenvalue weighted by atomic mass is 9.91. The predicted molar refractivity (Wildman–Crippen MR) is 71.0 cm³/mol. The summed E-state index contributed by atoms with van der Waals surface area (Å²) in [7, 11) is -1.42. The van der Waals surface area contributed by atoms with Gasteiger partial charge < -0.3 is 10.1 Å². The summed E-state index contributed by atoms with van der Waals surface area (Å²) in [4.78, 5) is 0. The summed E-state index contributed by atoms with van der Waals surface area (Å²) in [6.07, 6.45) is 4.31. The maximum atomic E-state index is 12.6. The molecule has 5 nitrogen and oxygen atoms in total. The van der Waals surface area contributed by atoms with Gasteiger partial charge in [-0.05, 0) is 26.8 Å². The molecule has 2 rings (SSSR count). The molecule has 1 heterocycles. The monoisotopic (exact) mass is 276 g/mol. The summed E-state index contributed by atoms with van der Waals surface area (Å²) >= 11 is 0. The highest BCUT2D eigenvalue weighted by molar-refractivity contribution is 7.89. The molecule has 106 valence electrons. The van der Waals surface area contributed by atoms with E-state index in [1.54, 1.807) is 18.3 Å². The Bertz CT molecular complexity index is 370. The Morgan fingerprint density at radius 1 is 1.39 bits per heavy atom. The predicted octanol–water partition coefficient (Wildman–Crippen LogP) is 0.567. The van der Waals surface area contributed by atoms with Crippen molar-refractivity contribution in [3.63, 3.8) is 0 Å². The Labute approximate surface area is 110 Å². The van der Waals surface area contributed by atoms with Crippen LogP contribution in [-0.4, -0.2) is 56.9 Å². The van der Waals surface area contributed by atoms with E-state index >= 15 is 0 Å². The van der Waals surface area contributed by atoms with E-state index in [0.717, 1.165) is 25.7 Å². The normalized spacial score (nSPS) is 31.9. The molecule has 0 aromatic rings. The highest BCUT2D eigenvalue weighted by atomic mass is 32.2. The van der Waals surface area contributed by atoms with Crippen molar-refractivity contribution in [3.8, 4) is 0 Å². The molecule has 2 aliphatic rings. The van der Waals surface area contributed by atoms with E-state index in [2.05, 4.69) is 5.32 Å². The minimum atomic E-state index is -3.20. The van der Waals surface area contributed by atoms with E-state index in [4.69, 9.17) is 4.74 Å². The van der Waals surface area contributed by atoms with Gasteiger partial charge in [0.15, 0.2) is 0 Å². The van der Waals surface area contributed by atoms with Gasteiger partial charge in [-0.1, -0.05) is 12.8 Å². The highest BCUT2D eigenvalue weighted by Gasteiger charge is 2.41. The van der Waals surface area contributed by atoms with Crippen molar-refractivity contribution in [2.24, 2.45) is 0 Å². The number of hydrogen-bond donors (Lipinski definition) is 1. The first kappa shape index (κ1) is 14.2. The van der Waals surface area contributed by atoms with Crippen LogP contribution >= 0.6 is 0 Å². The van der Waals surface area contributed by atoms with Gasteiger partial charge in [-0.2, -0.15) is 4.31 Å². The Kier molecular flexibility index (Phi) is 4.64. The second kappa shape index (κ2) is 5.86. The minimum absolute atomic E-state index is 0.0665. The molecule has 1 saturated heterocycles. The van der Waals surface area contributed by atoms with Crippen LogP contribution in [0.3, 0.4) is 0 Å². The van der Waals surface area contributed by atoms with Gasteiger partial charge in [0.1, 0.15) is 0 Å². The van der Waals surface area contributed by atoms with Gasteiger partial charge in [-0.15, -0.1) is 0 Å². The van der Waals surface area contributed by atoms with Crippen molar-refractivity contribution in [3.05, 3.63) is 0 Å². The van der Waals surface area contributed by atoms with Crippen molar-refractivity contribution in [2.45, 2.75) is 50.0 Å². The molecule has 3 unspecified atom stereocenters. The van der Waals surface area contributed by atoms with E-state index in [1.165, 1.54) is 0 Å². The van der Waals surface area contributed by atoms with Crippen LogP contribution in [0.2, 0.25) is 0 Å². The lowest BCUT2D eigenvalue weighted by Crippen LogP contribution is -2.57. The highest BCUT2D eigenvalue weighted by Crippen LogP contribution is 2.31. The molecule has 6 heteroatoms. The average molecular weight is 276 g/mol. The summed E-state index contributed by atoms with van der Waals surface area (Å²) < 4.78 is 32.6. The SMILES string of the molecule is CNCC(C)S(=O)(=O)N1CCOC2CCCCC21. The van der Waals surface area contributed by atoms with E-state index < -0.39 is 10.0 Å². The Balaban J connectivity index is 2.15. The van der Waals surface area contributed by atoms with Gasteiger partial charge in [0.2, 0.25) is 10.0 Å². The van der Waals surface area contributed by atoms with Crippen molar-refractivity contribution < 1.29 is 13.2 Å². The Morgan fingerprint density at radius 3 is 2.83 bits per heavy atom. The standard InChI is InChI=1S/C12H24N2O3S/c1-10(9-13-2)18(15,16)14-7-8-17-12-6-4-3-5-11(12)14/h10-13H,3-9H2,1-2H3. The van der Waals surface area contributed by atoms with Crippen LogP contribution in [0, 0.1) is 0 Å². The quantitative estimate of drug-likeness (QED) is 0.815. The van der Waals surface area contributed by atoms with Crippen molar-refractivity contribution in [1.82, 2.24) is 9.62 Å².